The molecule has 0 saturated carbocycles. The van der Waals surface area contributed by atoms with Crippen molar-refractivity contribution >= 4 is 15.9 Å². The predicted octanol–water partition coefficient (Wildman–Crippen LogP) is 3.11. The third-order valence-corrected chi connectivity index (χ3v) is 4.48. The van der Waals surface area contributed by atoms with E-state index in [4.69, 9.17) is 0 Å². The van der Waals surface area contributed by atoms with E-state index in [9.17, 15) is 4.39 Å². The van der Waals surface area contributed by atoms with E-state index in [1.807, 2.05) is 6.07 Å². The Labute approximate surface area is 117 Å². The van der Waals surface area contributed by atoms with Crippen molar-refractivity contribution in [2.75, 3.05) is 26.7 Å². The predicted molar refractivity (Wildman–Crippen MR) is 76.1 cm³/mol. The fourth-order valence-electron chi connectivity index (χ4n) is 2.49. The van der Waals surface area contributed by atoms with Crippen LogP contribution in [0.3, 0.4) is 0 Å². The molecule has 0 radical (unpaired) electrons. The molecule has 2 nitrogen and oxygen atoms in total. The highest BCUT2D eigenvalue weighted by Crippen LogP contribution is 2.21. The Bertz CT molecular complexity index is 411. The molecule has 1 aromatic carbocycles. The molecule has 1 unspecified atom stereocenters. The molecule has 2 rings (SSSR count). The first-order valence-corrected chi connectivity index (χ1v) is 7.26. The molecule has 1 aromatic rings. The molecule has 0 spiro atoms. The van der Waals surface area contributed by atoms with Crippen molar-refractivity contribution < 1.29 is 4.39 Å². The standard InChI is InChI=1S/C14H20BrFN2/c1-3-13-10-18(7-6-17(13)2)9-11-4-5-12(16)8-14(11)15/h4-5,8,13H,3,6-7,9-10H2,1-2H3. The van der Waals surface area contributed by atoms with Crippen molar-refractivity contribution in [1.29, 1.82) is 0 Å². The smallest absolute Gasteiger partial charge is 0.124 e. The van der Waals surface area contributed by atoms with Crippen molar-refractivity contribution in [3.63, 3.8) is 0 Å². The summed E-state index contributed by atoms with van der Waals surface area (Å²) in [5.74, 6) is -0.185. The topological polar surface area (TPSA) is 6.48 Å². The summed E-state index contributed by atoms with van der Waals surface area (Å²) in [5.41, 5.74) is 1.16. The molecule has 1 aliphatic rings. The molecule has 1 heterocycles. The van der Waals surface area contributed by atoms with E-state index < -0.39 is 0 Å². The van der Waals surface area contributed by atoms with Crippen LogP contribution in [0.2, 0.25) is 0 Å². The molecule has 0 N–H and O–H groups in total. The van der Waals surface area contributed by atoms with Gasteiger partial charge in [-0.2, -0.15) is 0 Å². The lowest BCUT2D eigenvalue weighted by atomic mass is 10.1. The van der Waals surface area contributed by atoms with E-state index in [-0.39, 0.29) is 5.82 Å². The van der Waals surface area contributed by atoms with Crippen LogP contribution in [0.4, 0.5) is 4.39 Å². The summed E-state index contributed by atoms with van der Waals surface area (Å²) in [6.45, 7) is 6.41. The van der Waals surface area contributed by atoms with E-state index in [1.54, 1.807) is 6.07 Å². The number of hydrogen-bond donors (Lipinski definition) is 0. The Morgan fingerprint density at radius 2 is 2.17 bits per heavy atom. The largest absolute Gasteiger partial charge is 0.301 e. The number of likely N-dealkylation sites (N-methyl/N-ethyl adjacent to an activating group) is 1. The van der Waals surface area contributed by atoms with E-state index in [0.29, 0.717) is 6.04 Å². The average Bonchev–Trinajstić information content (AvgIpc) is 2.35. The maximum Gasteiger partial charge on any atom is 0.124 e. The molecule has 18 heavy (non-hydrogen) atoms. The molecule has 0 aromatic heterocycles. The van der Waals surface area contributed by atoms with Crippen molar-refractivity contribution in [3.05, 3.63) is 34.1 Å². The average molecular weight is 315 g/mol. The zero-order valence-electron chi connectivity index (χ0n) is 11.0. The van der Waals surface area contributed by atoms with Gasteiger partial charge in [-0.1, -0.05) is 28.9 Å². The second-order valence-electron chi connectivity index (χ2n) is 5.01. The number of nitrogens with zero attached hydrogens (tertiary/aromatic N) is 2. The molecule has 4 heteroatoms. The van der Waals surface area contributed by atoms with Gasteiger partial charge in [0.1, 0.15) is 5.82 Å². The number of rotatable bonds is 3. The summed E-state index contributed by atoms with van der Waals surface area (Å²) in [6.07, 6.45) is 1.18. The third-order valence-electron chi connectivity index (χ3n) is 3.74. The van der Waals surface area contributed by atoms with Gasteiger partial charge in [0.25, 0.3) is 0 Å². The first-order chi connectivity index (χ1) is 8.60. The van der Waals surface area contributed by atoms with Gasteiger partial charge in [0.2, 0.25) is 0 Å². The van der Waals surface area contributed by atoms with Gasteiger partial charge < -0.3 is 4.90 Å². The monoisotopic (exact) mass is 314 g/mol. The molecule has 0 amide bonds. The maximum atomic E-state index is 13.0. The second kappa shape index (κ2) is 6.13. The summed E-state index contributed by atoms with van der Waals surface area (Å²) in [7, 11) is 2.19. The number of benzene rings is 1. The van der Waals surface area contributed by atoms with Crippen LogP contribution < -0.4 is 0 Å². The second-order valence-corrected chi connectivity index (χ2v) is 5.87. The van der Waals surface area contributed by atoms with Crippen molar-refractivity contribution in [1.82, 2.24) is 9.80 Å². The highest BCUT2D eigenvalue weighted by atomic mass is 79.9. The third kappa shape index (κ3) is 3.31. The molecular formula is C14H20BrFN2. The molecule has 1 aliphatic heterocycles. The zero-order valence-corrected chi connectivity index (χ0v) is 12.6. The lowest BCUT2D eigenvalue weighted by Gasteiger charge is -2.39. The molecule has 0 aliphatic carbocycles. The van der Waals surface area contributed by atoms with Gasteiger partial charge in [-0.05, 0) is 31.2 Å². The van der Waals surface area contributed by atoms with E-state index in [0.717, 1.165) is 36.2 Å². The molecule has 1 atom stereocenters. The lowest BCUT2D eigenvalue weighted by molar-refractivity contribution is 0.0882. The summed E-state index contributed by atoms with van der Waals surface area (Å²) in [5, 5.41) is 0. The van der Waals surface area contributed by atoms with E-state index >= 15 is 0 Å². The van der Waals surface area contributed by atoms with E-state index in [2.05, 4.69) is 39.7 Å². The molecule has 1 fully saturated rings. The Kier molecular flexibility index (Phi) is 4.76. The van der Waals surface area contributed by atoms with Gasteiger partial charge in [-0.3, -0.25) is 4.90 Å². The van der Waals surface area contributed by atoms with Gasteiger partial charge in [-0.25, -0.2) is 4.39 Å². The van der Waals surface area contributed by atoms with Crippen LogP contribution in [0, 0.1) is 5.82 Å². The zero-order chi connectivity index (χ0) is 13.1. The first kappa shape index (κ1) is 14.0. The van der Waals surface area contributed by atoms with Crippen molar-refractivity contribution in [2.45, 2.75) is 25.9 Å². The quantitative estimate of drug-likeness (QED) is 0.846. The summed E-state index contributed by atoms with van der Waals surface area (Å²) in [6, 6.07) is 5.59. The van der Waals surface area contributed by atoms with Gasteiger partial charge in [0.15, 0.2) is 0 Å². The van der Waals surface area contributed by atoms with Crippen LogP contribution in [0.5, 0.6) is 0 Å². The Morgan fingerprint density at radius 3 is 2.83 bits per heavy atom. The summed E-state index contributed by atoms with van der Waals surface area (Å²) < 4.78 is 13.9. The lowest BCUT2D eigenvalue weighted by Crippen LogP contribution is -2.50. The van der Waals surface area contributed by atoms with Gasteiger partial charge in [0.05, 0.1) is 0 Å². The van der Waals surface area contributed by atoms with Crippen LogP contribution in [-0.2, 0) is 6.54 Å². The van der Waals surface area contributed by atoms with Crippen LogP contribution in [0.15, 0.2) is 22.7 Å². The number of hydrogen-bond acceptors (Lipinski definition) is 2. The van der Waals surface area contributed by atoms with Gasteiger partial charge >= 0.3 is 0 Å². The minimum atomic E-state index is -0.185. The summed E-state index contributed by atoms with van der Waals surface area (Å²) >= 11 is 3.44. The Balaban J connectivity index is 2.01. The summed E-state index contributed by atoms with van der Waals surface area (Å²) in [4.78, 5) is 4.88. The van der Waals surface area contributed by atoms with Gasteiger partial charge in [0, 0.05) is 36.7 Å². The van der Waals surface area contributed by atoms with Crippen LogP contribution in [0.25, 0.3) is 0 Å². The van der Waals surface area contributed by atoms with Crippen LogP contribution in [-0.4, -0.2) is 42.5 Å². The van der Waals surface area contributed by atoms with E-state index in [1.165, 1.54) is 12.5 Å². The molecular weight excluding hydrogens is 295 g/mol. The maximum absolute atomic E-state index is 13.0. The van der Waals surface area contributed by atoms with Crippen molar-refractivity contribution in [2.24, 2.45) is 0 Å². The Morgan fingerprint density at radius 1 is 1.39 bits per heavy atom. The Hall–Kier alpha value is -0.450. The highest BCUT2D eigenvalue weighted by Gasteiger charge is 2.23. The molecule has 1 saturated heterocycles. The minimum absolute atomic E-state index is 0.185. The number of halogens is 2. The van der Waals surface area contributed by atoms with Crippen molar-refractivity contribution in [3.8, 4) is 0 Å². The highest BCUT2D eigenvalue weighted by molar-refractivity contribution is 9.10. The van der Waals surface area contributed by atoms with Crippen LogP contribution >= 0.6 is 15.9 Å². The minimum Gasteiger partial charge on any atom is -0.301 e. The first-order valence-electron chi connectivity index (χ1n) is 6.46. The van der Waals surface area contributed by atoms with Gasteiger partial charge in [-0.15, -0.1) is 0 Å². The van der Waals surface area contributed by atoms with Crippen LogP contribution in [0.1, 0.15) is 18.9 Å². The number of piperazine rings is 1. The fraction of sp³-hybridized carbons (Fsp3) is 0.571. The SMILES string of the molecule is CCC1CN(Cc2ccc(F)cc2Br)CCN1C. The molecule has 0 bridgehead atoms. The fourth-order valence-corrected chi connectivity index (χ4v) is 2.96. The normalized spacial score (nSPS) is 22.3. The molecule has 100 valence electrons.